The highest BCUT2D eigenvalue weighted by Gasteiger charge is 2.31. The molecule has 0 fully saturated rings. The summed E-state index contributed by atoms with van der Waals surface area (Å²) in [6, 6.07) is 10.5. The number of aromatic amines is 1. The molecule has 3 aromatic heterocycles. The Labute approximate surface area is 172 Å². The third kappa shape index (κ3) is 3.77. The molecule has 0 unspecified atom stereocenters. The first-order chi connectivity index (χ1) is 13.7. The summed E-state index contributed by atoms with van der Waals surface area (Å²) in [6.45, 7) is 1.87. The Bertz CT molecular complexity index is 1270. The van der Waals surface area contributed by atoms with Crippen molar-refractivity contribution >= 4 is 33.2 Å². The van der Waals surface area contributed by atoms with Crippen molar-refractivity contribution in [1.29, 1.82) is 0 Å². The lowest BCUT2D eigenvalue weighted by atomic mass is 10.1. The van der Waals surface area contributed by atoms with E-state index in [0.29, 0.717) is 10.2 Å². The van der Waals surface area contributed by atoms with E-state index in [0.717, 1.165) is 28.3 Å². The van der Waals surface area contributed by atoms with Crippen molar-refractivity contribution in [2.75, 3.05) is 0 Å². The number of nitrogens with one attached hydrogen (secondary N) is 1. The van der Waals surface area contributed by atoms with Gasteiger partial charge in [-0.1, -0.05) is 41.9 Å². The predicted octanol–water partition coefficient (Wildman–Crippen LogP) is 5.62. The van der Waals surface area contributed by atoms with E-state index in [1.807, 2.05) is 37.3 Å². The number of aromatic nitrogens is 3. The first kappa shape index (κ1) is 19.6. The molecule has 0 bridgehead atoms. The third-order valence-corrected chi connectivity index (χ3v) is 6.03. The summed E-state index contributed by atoms with van der Waals surface area (Å²) >= 11 is 7.37. The van der Waals surface area contributed by atoms with Crippen LogP contribution in [0.5, 0.6) is 0 Å². The van der Waals surface area contributed by atoms with Gasteiger partial charge in [-0.25, -0.2) is 4.98 Å². The smallest absolute Gasteiger partial charge is 0.310 e. The molecule has 1 aromatic carbocycles. The molecule has 0 amide bonds. The van der Waals surface area contributed by atoms with E-state index in [1.54, 1.807) is 0 Å². The summed E-state index contributed by atoms with van der Waals surface area (Å²) in [6.07, 6.45) is -3.79. The minimum Gasteiger partial charge on any atom is -0.310 e. The fourth-order valence-electron chi connectivity index (χ4n) is 3.05. The molecule has 4 nitrogen and oxygen atoms in total. The van der Waals surface area contributed by atoms with Gasteiger partial charge in [0.05, 0.1) is 21.7 Å². The van der Waals surface area contributed by atoms with Crippen molar-refractivity contribution in [2.45, 2.75) is 19.5 Å². The zero-order chi connectivity index (χ0) is 20.8. The zero-order valence-corrected chi connectivity index (χ0v) is 16.5. The summed E-state index contributed by atoms with van der Waals surface area (Å²) in [5.74, 6) is 0.289. The third-order valence-electron chi connectivity index (χ3n) is 4.47. The Morgan fingerprint density at radius 2 is 1.93 bits per heavy atom. The van der Waals surface area contributed by atoms with Gasteiger partial charge in [0.15, 0.2) is 0 Å². The molecule has 0 spiro atoms. The largest absolute Gasteiger partial charge is 0.417 e. The lowest BCUT2D eigenvalue weighted by Gasteiger charge is -2.09. The Hall–Kier alpha value is -2.71. The normalized spacial score (nSPS) is 11.9. The highest BCUT2D eigenvalue weighted by molar-refractivity contribution is 7.22. The van der Waals surface area contributed by atoms with E-state index in [2.05, 4.69) is 15.0 Å². The van der Waals surface area contributed by atoms with Gasteiger partial charge in [0.1, 0.15) is 10.7 Å². The topological polar surface area (TPSA) is 58.6 Å². The van der Waals surface area contributed by atoms with Crippen molar-refractivity contribution < 1.29 is 13.2 Å². The number of H-pyrrole nitrogens is 1. The molecule has 3 heterocycles. The SMILES string of the molecule is Cc1c(-c2ccccc2)sc2nc(Cc3ncc(C(F)(F)F)cc3Cl)[nH]c(=O)c12. The number of halogens is 4. The number of hydrogen-bond acceptors (Lipinski definition) is 4. The summed E-state index contributed by atoms with van der Waals surface area (Å²) < 4.78 is 38.3. The number of fused-ring (bicyclic) bond motifs is 1. The Morgan fingerprint density at radius 3 is 2.59 bits per heavy atom. The second-order valence-corrected chi connectivity index (χ2v) is 7.85. The average Bonchev–Trinajstić information content (AvgIpc) is 3.00. The number of nitrogens with zero attached hydrogens (tertiary/aromatic N) is 2. The molecule has 1 N–H and O–H groups in total. The van der Waals surface area contributed by atoms with Gasteiger partial charge in [0, 0.05) is 17.5 Å². The molecular formula is C20H13ClF3N3OS. The minimum absolute atomic E-state index is 0.0137. The van der Waals surface area contributed by atoms with Crippen LogP contribution in [-0.2, 0) is 12.6 Å². The standard InChI is InChI=1S/C20H13ClF3N3OS/c1-10-16-18(28)26-15(8-14-13(21)7-12(9-25-14)20(22,23)24)27-19(16)29-17(10)11-5-3-2-4-6-11/h2-7,9H,8H2,1H3,(H,26,27,28). The lowest BCUT2D eigenvalue weighted by molar-refractivity contribution is -0.137. The van der Waals surface area contributed by atoms with Gasteiger partial charge in [-0.2, -0.15) is 13.2 Å². The fourth-order valence-corrected chi connectivity index (χ4v) is 4.49. The van der Waals surface area contributed by atoms with Crippen LogP contribution in [0, 0.1) is 6.92 Å². The van der Waals surface area contributed by atoms with Crippen LogP contribution < -0.4 is 5.56 Å². The molecule has 4 aromatic rings. The van der Waals surface area contributed by atoms with E-state index in [4.69, 9.17) is 11.6 Å². The second-order valence-electron chi connectivity index (χ2n) is 6.44. The Balaban J connectivity index is 1.74. The van der Waals surface area contributed by atoms with Gasteiger partial charge in [-0.15, -0.1) is 11.3 Å². The molecule has 0 aliphatic carbocycles. The highest BCUT2D eigenvalue weighted by atomic mass is 35.5. The predicted molar refractivity (Wildman–Crippen MR) is 107 cm³/mol. The van der Waals surface area contributed by atoms with Gasteiger partial charge < -0.3 is 4.98 Å². The van der Waals surface area contributed by atoms with Crippen molar-refractivity contribution in [3.05, 3.63) is 80.6 Å². The van der Waals surface area contributed by atoms with Crippen LogP contribution >= 0.6 is 22.9 Å². The van der Waals surface area contributed by atoms with Crippen molar-refractivity contribution in [1.82, 2.24) is 15.0 Å². The Kier molecular flexibility index (Phi) is 4.92. The molecule has 0 saturated carbocycles. The molecule has 0 atom stereocenters. The molecule has 0 aliphatic rings. The first-order valence-electron chi connectivity index (χ1n) is 8.53. The van der Waals surface area contributed by atoms with Crippen LogP contribution in [-0.4, -0.2) is 15.0 Å². The monoisotopic (exact) mass is 435 g/mol. The molecule has 9 heteroatoms. The zero-order valence-electron chi connectivity index (χ0n) is 15.0. The van der Waals surface area contributed by atoms with Gasteiger partial charge in [0.25, 0.3) is 5.56 Å². The van der Waals surface area contributed by atoms with Crippen LogP contribution in [0.3, 0.4) is 0 Å². The summed E-state index contributed by atoms with van der Waals surface area (Å²) in [5, 5.41) is 0.374. The first-order valence-corrected chi connectivity index (χ1v) is 9.73. The number of hydrogen-bond donors (Lipinski definition) is 1. The number of rotatable bonds is 3. The van der Waals surface area contributed by atoms with Gasteiger partial charge in [0.2, 0.25) is 0 Å². The maximum Gasteiger partial charge on any atom is 0.417 e. The maximum atomic E-state index is 12.8. The van der Waals surface area contributed by atoms with Gasteiger partial charge >= 0.3 is 6.18 Å². The summed E-state index contributed by atoms with van der Waals surface area (Å²) in [5.41, 5.74) is 0.802. The Morgan fingerprint density at radius 1 is 1.21 bits per heavy atom. The number of alkyl halides is 3. The summed E-state index contributed by atoms with van der Waals surface area (Å²) in [7, 11) is 0. The molecule has 148 valence electrons. The second kappa shape index (κ2) is 7.27. The van der Waals surface area contributed by atoms with Crippen LogP contribution in [0.4, 0.5) is 13.2 Å². The number of pyridine rings is 1. The highest BCUT2D eigenvalue weighted by Crippen LogP contribution is 2.36. The number of thiophene rings is 1. The number of aryl methyl sites for hydroxylation is 1. The van der Waals surface area contributed by atoms with Gasteiger partial charge in [-0.05, 0) is 24.1 Å². The van der Waals surface area contributed by atoms with Crippen molar-refractivity contribution in [3.8, 4) is 10.4 Å². The molecule has 29 heavy (non-hydrogen) atoms. The van der Waals surface area contributed by atoms with E-state index < -0.39 is 11.7 Å². The van der Waals surface area contributed by atoms with Crippen LogP contribution in [0.15, 0.2) is 47.4 Å². The lowest BCUT2D eigenvalue weighted by Crippen LogP contribution is -2.13. The van der Waals surface area contributed by atoms with Crippen molar-refractivity contribution in [2.24, 2.45) is 0 Å². The van der Waals surface area contributed by atoms with E-state index >= 15 is 0 Å². The minimum atomic E-state index is -4.52. The fraction of sp³-hybridized carbons (Fsp3) is 0.150. The molecular weight excluding hydrogens is 423 g/mol. The molecule has 4 rings (SSSR count). The van der Waals surface area contributed by atoms with E-state index in [-0.39, 0.29) is 28.5 Å². The molecule has 0 aliphatic heterocycles. The number of benzene rings is 1. The molecule has 0 radical (unpaired) electrons. The average molecular weight is 436 g/mol. The quantitative estimate of drug-likeness (QED) is 0.454. The van der Waals surface area contributed by atoms with E-state index in [9.17, 15) is 18.0 Å². The summed E-state index contributed by atoms with van der Waals surface area (Å²) in [4.78, 5) is 25.1. The van der Waals surface area contributed by atoms with Crippen LogP contribution in [0.25, 0.3) is 20.7 Å². The van der Waals surface area contributed by atoms with Crippen molar-refractivity contribution in [3.63, 3.8) is 0 Å². The maximum absolute atomic E-state index is 12.8. The van der Waals surface area contributed by atoms with E-state index in [1.165, 1.54) is 11.3 Å². The van der Waals surface area contributed by atoms with Crippen LogP contribution in [0.2, 0.25) is 5.02 Å². The molecule has 0 saturated heterocycles. The van der Waals surface area contributed by atoms with Crippen LogP contribution in [0.1, 0.15) is 22.6 Å². The van der Waals surface area contributed by atoms with Gasteiger partial charge in [-0.3, -0.25) is 9.78 Å².